The Morgan fingerprint density at radius 2 is 1.88 bits per heavy atom. The molecule has 3 aromatic heterocycles. The molecule has 5 heterocycles. The Balaban J connectivity index is 1.37. The smallest absolute Gasteiger partial charge is 0.416 e. The molecule has 1 unspecified atom stereocenters. The van der Waals surface area contributed by atoms with Crippen LogP contribution >= 0.6 is 0 Å². The number of carbonyl (C=O) groups excluding carboxylic acids is 1. The summed E-state index contributed by atoms with van der Waals surface area (Å²) in [6.45, 7) is 0.599. The highest BCUT2D eigenvalue weighted by Gasteiger charge is 2.47. The highest BCUT2D eigenvalue weighted by molar-refractivity contribution is 5.96. The maximum absolute atomic E-state index is 13.5. The molecule has 6 rings (SSSR count). The number of pyridine rings is 2. The average molecular weight is 444 g/mol. The van der Waals surface area contributed by atoms with E-state index in [-0.39, 0.29) is 36.0 Å². The molecular formula is C21H19F3N6O2. The number of aromatic nitrogens is 5. The lowest BCUT2D eigenvalue weighted by Gasteiger charge is -2.52. The predicted octanol–water partition coefficient (Wildman–Crippen LogP) is 3.01. The molecule has 8 nitrogen and oxygen atoms in total. The third-order valence-corrected chi connectivity index (χ3v) is 6.02. The molecule has 0 N–H and O–H groups in total. The van der Waals surface area contributed by atoms with Gasteiger partial charge in [0, 0.05) is 25.0 Å². The molecule has 0 aromatic carbocycles. The Kier molecular flexibility index (Phi) is 5.03. The largest absolute Gasteiger partial charge is 0.475 e. The molecule has 3 aliphatic rings. The minimum Gasteiger partial charge on any atom is -0.475 e. The number of rotatable bonds is 5. The lowest BCUT2D eigenvalue weighted by Crippen LogP contribution is -2.60. The minimum absolute atomic E-state index is 0.0552. The fraction of sp³-hybridized carbons (Fsp3) is 0.381. The Bertz CT molecular complexity index is 1110. The van der Waals surface area contributed by atoms with E-state index in [0.29, 0.717) is 18.2 Å². The van der Waals surface area contributed by atoms with Crippen LogP contribution in [0.5, 0.6) is 5.88 Å². The molecule has 0 radical (unpaired) electrons. The molecule has 1 amide bonds. The summed E-state index contributed by atoms with van der Waals surface area (Å²) in [4.78, 5) is 24.7. The standard InChI is InChI=1S/C21H19F3N6O2/c22-21(23,24)15-3-5-25-18(10-15)32-12-17-14-8-13(9-14)11-29(17)20(31)19-16(2-1-4-26-19)30-27-6-7-28-30/h1-7,10,13-14,17H,8-9,11-12H2. The SMILES string of the molecule is O=C(c1ncccc1-n1nccn1)N1CC2CC(C2)C1COc1cc(C(F)(F)F)ccn1. The van der Waals surface area contributed by atoms with Gasteiger partial charge in [-0.05, 0) is 42.9 Å². The van der Waals surface area contributed by atoms with Crippen molar-refractivity contribution in [1.29, 1.82) is 0 Å². The van der Waals surface area contributed by atoms with Crippen molar-refractivity contribution in [2.45, 2.75) is 25.1 Å². The molecule has 0 spiro atoms. The molecule has 32 heavy (non-hydrogen) atoms. The van der Waals surface area contributed by atoms with Gasteiger partial charge in [-0.3, -0.25) is 4.79 Å². The Morgan fingerprint density at radius 3 is 2.62 bits per heavy atom. The van der Waals surface area contributed by atoms with Gasteiger partial charge in [0.1, 0.15) is 12.3 Å². The molecule has 2 bridgehead atoms. The van der Waals surface area contributed by atoms with Gasteiger partial charge in [-0.25, -0.2) is 9.97 Å². The van der Waals surface area contributed by atoms with E-state index >= 15 is 0 Å². The molecular weight excluding hydrogens is 425 g/mol. The summed E-state index contributed by atoms with van der Waals surface area (Å²) in [5.74, 6) is 0.228. The van der Waals surface area contributed by atoms with Crippen molar-refractivity contribution in [3.63, 3.8) is 0 Å². The molecule has 1 aliphatic carbocycles. The van der Waals surface area contributed by atoms with Crippen molar-refractivity contribution < 1.29 is 22.7 Å². The topological polar surface area (TPSA) is 86.0 Å². The third kappa shape index (κ3) is 3.78. The lowest BCUT2D eigenvalue weighted by atomic mass is 9.67. The van der Waals surface area contributed by atoms with E-state index in [1.54, 1.807) is 17.0 Å². The normalized spacial score (nSPS) is 22.3. The number of nitrogens with zero attached hydrogens (tertiary/aromatic N) is 6. The number of fused-ring (bicyclic) bond motifs is 2. The maximum Gasteiger partial charge on any atom is 0.416 e. The second-order valence-electron chi connectivity index (χ2n) is 8.00. The van der Waals surface area contributed by atoms with Crippen LogP contribution in [0.25, 0.3) is 5.69 Å². The first-order valence-corrected chi connectivity index (χ1v) is 10.2. The van der Waals surface area contributed by atoms with Crippen LogP contribution in [0.15, 0.2) is 49.1 Å². The molecule has 1 saturated carbocycles. The minimum atomic E-state index is -4.48. The van der Waals surface area contributed by atoms with E-state index in [0.717, 1.165) is 31.2 Å². The quantitative estimate of drug-likeness (QED) is 0.602. The van der Waals surface area contributed by atoms with E-state index in [1.165, 1.54) is 23.4 Å². The zero-order valence-corrected chi connectivity index (χ0v) is 16.8. The fourth-order valence-electron chi connectivity index (χ4n) is 4.41. The zero-order chi connectivity index (χ0) is 22.3. The van der Waals surface area contributed by atoms with Gasteiger partial charge >= 0.3 is 6.18 Å². The van der Waals surface area contributed by atoms with Crippen LogP contribution in [0, 0.1) is 11.8 Å². The van der Waals surface area contributed by atoms with Crippen molar-refractivity contribution in [3.8, 4) is 11.6 Å². The van der Waals surface area contributed by atoms with E-state index in [9.17, 15) is 18.0 Å². The van der Waals surface area contributed by atoms with Gasteiger partial charge in [0.25, 0.3) is 5.91 Å². The lowest BCUT2D eigenvalue weighted by molar-refractivity contribution is -0.137. The second kappa shape index (κ2) is 7.88. The van der Waals surface area contributed by atoms with Crippen LogP contribution in [0.2, 0.25) is 0 Å². The molecule has 11 heteroatoms. The van der Waals surface area contributed by atoms with Crippen molar-refractivity contribution in [1.82, 2.24) is 29.9 Å². The summed E-state index contributed by atoms with van der Waals surface area (Å²) in [5.41, 5.74) is -0.152. The fourth-order valence-corrected chi connectivity index (χ4v) is 4.41. The number of hydrogen-bond acceptors (Lipinski definition) is 6. The van der Waals surface area contributed by atoms with Crippen LogP contribution in [0.4, 0.5) is 13.2 Å². The van der Waals surface area contributed by atoms with Gasteiger partial charge in [-0.1, -0.05) is 0 Å². The Hall–Kier alpha value is -3.50. The van der Waals surface area contributed by atoms with Gasteiger partial charge < -0.3 is 9.64 Å². The summed E-state index contributed by atoms with van der Waals surface area (Å²) < 4.78 is 44.6. The van der Waals surface area contributed by atoms with Crippen LogP contribution < -0.4 is 4.74 Å². The van der Waals surface area contributed by atoms with Crippen LogP contribution in [-0.2, 0) is 6.18 Å². The highest BCUT2D eigenvalue weighted by atomic mass is 19.4. The first kappa shape index (κ1) is 20.4. The number of halogens is 3. The van der Waals surface area contributed by atoms with Crippen molar-refractivity contribution in [2.24, 2.45) is 11.8 Å². The summed E-state index contributed by atoms with van der Waals surface area (Å²) in [6.07, 6.45) is 3.06. The number of amides is 1. The first-order chi connectivity index (χ1) is 15.4. The molecule has 1 atom stereocenters. The molecule has 3 fully saturated rings. The van der Waals surface area contributed by atoms with E-state index in [4.69, 9.17) is 4.74 Å². The van der Waals surface area contributed by atoms with Gasteiger partial charge in [-0.15, -0.1) is 4.80 Å². The number of hydrogen-bond donors (Lipinski definition) is 0. The molecule has 2 aliphatic heterocycles. The summed E-state index contributed by atoms with van der Waals surface area (Å²) in [5, 5.41) is 8.18. The van der Waals surface area contributed by atoms with Gasteiger partial charge in [0.15, 0.2) is 5.69 Å². The van der Waals surface area contributed by atoms with Gasteiger partial charge in [0.05, 0.1) is 24.0 Å². The zero-order valence-electron chi connectivity index (χ0n) is 16.8. The third-order valence-electron chi connectivity index (χ3n) is 6.02. The number of ether oxygens (including phenoxy) is 1. The van der Waals surface area contributed by atoms with Crippen LogP contribution in [0.3, 0.4) is 0 Å². The Morgan fingerprint density at radius 1 is 1.09 bits per heavy atom. The monoisotopic (exact) mass is 444 g/mol. The van der Waals surface area contributed by atoms with Crippen molar-refractivity contribution in [2.75, 3.05) is 13.2 Å². The van der Waals surface area contributed by atoms with E-state index in [1.807, 2.05) is 0 Å². The van der Waals surface area contributed by atoms with Gasteiger partial charge in [0.2, 0.25) is 5.88 Å². The first-order valence-electron chi connectivity index (χ1n) is 10.2. The van der Waals surface area contributed by atoms with Crippen molar-refractivity contribution >= 4 is 5.91 Å². The van der Waals surface area contributed by atoms with Crippen LogP contribution in [0.1, 0.15) is 28.9 Å². The predicted molar refractivity (Wildman–Crippen MR) is 105 cm³/mol. The maximum atomic E-state index is 13.5. The highest BCUT2D eigenvalue weighted by Crippen LogP contribution is 2.44. The Labute approximate surface area is 181 Å². The number of piperidine rings is 2. The summed E-state index contributed by atoms with van der Waals surface area (Å²) in [6, 6.07) is 4.89. The molecule has 3 aromatic rings. The molecule has 2 saturated heterocycles. The number of alkyl halides is 3. The molecule has 166 valence electrons. The van der Waals surface area contributed by atoms with Gasteiger partial charge in [-0.2, -0.15) is 23.4 Å². The average Bonchev–Trinajstić information content (AvgIpc) is 3.31. The van der Waals surface area contributed by atoms with Crippen molar-refractivity contribution in [3.05, 3.63) is 60.3 Å². The van der Waals surface area contributed by atoms with Crippen LogP contribution in [-0.4, -0.2) is 55.0 Å². The second-order valence-corrected chi connectivity index (χ2v) is 8.00. The summed E-state index contributed by atoms with van der Waals surface area (Å²) in [7, 11) is 0. The van der Waals surface area contributed by atoms with E-state index < -0.39 is 11.7 Å². The van der Waals surface area contributed by atoms with E-state index in [2.05, 4.69) is 20.2 Å². The number of carbonyl (C=O) groups is 1. The summed E-state index contributed by atoms with van der Waals surface area (Å²) >= 11 is 0.